The van der Waals surface area contributed by atoms with Crippen molar-refractivity contribution in [3.05, 3.63) is 59.0 Å². The van der Waals surface area contributed by atoms with E-state index in [1.165, 1.54) is 0 Å². The molecule has 2 aromatic rings. The average Bonchev–Trinajstić information content (AvgIpc) is 2.31. The molecule has 1 aromatic heterocycles. The van der Waals surface area contributed by atoms with Crippen LogP contribution in [0.25, 0.3) is 11.1 Å². The first-order valence-electron chi connectivity index (χ1n) is 5.07. The number of aromatic nitrogens is 1. The largest absolute Gasteiger partial charge is 0.315 e. The van der Waals surface area contributed by atoms with Crippen LogP contribution < -0.4 is 5.56 Å². The molecule has 0 saturated carbocycles. The van der Waals surface area contributed by atoms with Gasteiger partial charge in [0.2, 0.25) is 0 Å². The van der Waals surface area contributed by atoms with E-state index >= 15 is 0 Å². The van der Waals surface area contributed by atoms with Gasteiger partial charge in [-0.25, -0.2) is 0 Å². The number of aryl methyl sites for hydroxylation is 1. The van der Waals surface area contributed by atoms with E-state index in [2.05, 4.69) is 0 Å². The average molecular weight is 199 g/mol. The second-order valence-corrected chi connectivity index (χ2v) is 3.41. The van der Waals surface area contributed by atoms with E-state index in [0.717, 1.165) is 11.1 Å². The van der Waals surface area contributed by atoms with Crippen molar-refractivity contribution in [1.82, 2.24) is 4.57 Å². The first-order valence-corrected chi connectivity index (χ1v) is 5.07. The molecule has 0 amide bonds. The molecule has 0 aliphatic carbocycles. The van der Waals surface area contributed by atoms with Crippen LogP contribution in [0.3, 0.4) is 0 Å². The molecule has 0 radical (unpaired) electrons. The van der Waals surface area contributed by atoms with Gasteiger partial charge >= 0.3 is 0 Å². The molecule has 0 fully saturated rings. The Balaban J connectivity index is 2.51. The Morgan fingerprint density at radius 3 is 2.40 bits per heavy atom. The third kappa shape index (κ3) is 1.99. The summed E-state index contributed by atoms with van der Waals surface area (Å²) in [5.41, 5.74) is 2.27. The molecule has 0 bridgehead atoms. The molecular formula is C13H13NO. The summed E-state index contributed by atoms with van der Waals surface area (Å²) in [5, 5.41) is 0. The van der Waals surface area contributed by atoms with Crippen LogP contribution in [0, 0.1) is 0 Å². The van der Waals surface area contributed by atoms with Crippen LogP contribution in [0.1, 0.15) is 6.92 Å². The molecule has 15 heavy (non-hydrogen) atoms. The highest BCUT2D eigenvalue weighted by atomic mass is 16.1. The van der Waals surface area contributed by atoms with Crippen molar-refractivity contribution in [2.45, 2.75) is 13.5 Å². The molecule has 2 rings (SSSR count). The molecule has 76 valence electrons. The predicted molar refractivity (Wildman–Crippen MR) is 61.8 cm³/mol. The zero-order chi connectivity index (χ0) is 10.7. The molecule has 0 saturated heterocycles. The number of benzene rings is 1. The van der Waals surface area contributed by atoms with Gasteiger partial charge in [0.1, 0.15) is 0 Å². The third-order valence-corrected chi connectivity index (χ3v) is 2.43. The number of hydrogen-bond donors (Lipinski definition) is 0. The Labute approximate surface area is 88.8 Å². The van der Waals surface area contributed by atoms with Gasteiger partial charge in [-0.1, -0.05) is 30.3 Å². The van der Waals surface area contributed by atoms with Crippen molar-refractivity contribution in [3.8, 4) is 11.1 Å². The van der Waals surface area contributed by atoms with Gasteiger partial charge in [-0.05, 0) is 24.1 Å². The van der Waals surface area contributed by atoms with Crippen molar-refractivity contribution in [2.24, 2.45) is 0 Å². The van der Waals surface area contributed by atoms with E-state index < -0.39 is 0 Å². The van der Waals surface area contributed by atoms with E-state index in [0.29, 0.717) is 6.54 Å². The Kier molecular flexibility index (Phi) is 2.68. The summed E-state index contributed by atoms with van der Waals surface area (Å²) >= 11 is 0. The van der Waals surface area contributed by atoms with Gasteiger partial charge in [-0.3, -0.25) is 4.79 Å². The number of rotatable bonds is 2. The second-order valence-electron chi connectivity index (χ2n) is 3.41. The minimum Gasteiger partial charge on any atom is -0.315 e. The predicted octanol–water partition coefficient (Wildman–Crippen LogP) is 2.54. The Morgan fingerprint density at radius 1 is 1.00 bits per heavy atom. The van der Waals surface area contributed by atoms with Gasteiger partial charge in [0.25, 0.3) is 5.56 Å². The molecule has 0 N–H and O–H groups in total. The van der Waals surface area contributed by atoms with E-state index in [4.69, 9.17) is 0 Å². The topological polar surface area (TPSA) is 22.0 Å². The van der Waals surface area contributed by atoms with Crippen LogP contribution >= 0.6 is 0 Å². The Bertz CT molecular complexity index is 499. The smallest absolute Gasteiger partial charge is 0.250 e. The monoisotopic (exact) mass is 199 g/mol. The number of nitrogens with zero attached hydrogens (tertiary/aromatic N) is 1. The summed E-state index contributed by atoms with van der Waals surface area (Å²) in [6.45, 7) is 2.68. The van der Waals surface area contributed by atoms with Gasteiger partial charge in [-0.15, -0.1) is 0 Å². The lowest BCUT2D eigenvalue weighted by Gasteiger charge is -2.05. The van der Waals surface area contributed by atoms with E-state index in [1.54, 1.807) is 10.6 Å². The minimum absolute atomic E-state index is 0.0529. The first-order chi connectivity index (χ1) is 7.31. The lowest BCUT2D eigenvalue weighted by atomic mass is 10.1. The van der Waals surface area contributed by atoms with Gasteiger partial charge < -0.3 is 4.57 Å². The quantitative estimate of drug-likeness (QED) is 0.728. The lowest BCUT2D eigenvalue weighted by Crippen LogP contribution is -2.16. The van der Waals surface area contributed by atoms with Crippen molar-refractivity contribution < 1.29 is 0 Å². The molecule has 0 spiro atoms. The fraction of sp³-hybridized carbons (Fsp3) is 0.154. The fourth-order valence-corrected chi connectivity index (χ4v) is 1.58. The zero-order valence-electron chi connectivity index (χ0n) is 8.68. The summed E-state index contributed by atoms with van der Waals surface area (Å²) in [5.74, 6) is 0. The van der Waals surface area contributed by atoms with Crippen LogP contribution in [0.4, 0.5) is 0 Å². The molecule has 0 aliphatic heterocycles. The van der Waals surface area contributed by atoms with Gasteiger partial charge in [0, 0.05) is 18.8 Å². The lowest BCUT2D eigenvalue weighted by molar-refractivity contribution is 0.728. The van der Waals surface area contributed by atoms with Crippen LogP contribution in [0.2, 0.25) is 0 Å². The maximum absolute atomic E-state index is 11.4. The second kappa shape index (κ2) is 4.13. The fourth-order valence-electron chi connectivity index (χ4n) is 1.58. The minimum atomic E-state index is 0.0529. The standard InChI is InChI=1S/C13H13NO/c1-2-14-10-12(8-9-13(14)15)11-6-4-3-5-7-11/h3-10H,2H2,1H3. The van der Waals surface area contributed by atoms with E-state index in [-0.39, 0.29) is 5.56 Å². The zero-order valence-corrected chi connectivity index (χ0v) is 8.68. The normalized spacial score (nSPS) is 10.2. The summed E-state index contributed by atoms with van der Waals surface area (Å²) in [4.78, 5) is 11.4. The van der Waals surface area contributed by atoms with Crippen molar-refractivity contribution in [3.63, 3.8) is 0 Å². The van der Waals surface area contributed by atoms with Gasteiger partial charge in [0.15, 0.2) is 0 Å². The number of hydrogen-bond acceptors (Lipinski definition) is 1. The number of pyridine rings is 1. The van der Waals surface area contributed by atoms with E-state index in [9.17, 15) is 4.79 Å². The van der Waals surface area contributed by atoms with Crippen LogP contribution in [0.5, 0.6) is 0 Å². The SMILES string of the molecule is CCn1cc(-c2ccccc2)ccc1=O. The Hall–Kier alpha value is -1.83. The van der Waals surface area contributed by atoms with Crippen LogP contribution in [0.15, 0.2) is 53.5 Å². The summed E-state index contributed by atoms with van der Waals surface area (Å²) in [6, 6.07) is 13.5. The third-order valence-electron chi connectivity index (χ3n) is 2.43. The molecule has 0 atom stereocenters. The first kappa shape index (κ1) is 9.71. The van der Waals surface area contributed by atoms with Crippen molar-refractivity contribution in [2.75, 3.05) is 0 Å². The highest BCUT2D eigenvalue weighted by Gasteiger charge is 1.98. The maximum atomic E-state index is 11.4. The molecule has 1 heterocycles. The highest BCUT2D eigenvalue weighted by Crippen LogP contribution is 2.16. The summed E-state index contributed by atoms with van der Waals surface area (Å²) in [6.07, 6.45) is 1.90. The molecular weight excluding hydrogens is 186 g/mol. The van der Waals surface area contributed by atoms with Crippen LogP contribution in [-0.2, 0) is 6.54 Å². The van der Waals surface area contributed by atoms with Crippen molar-refractivity contribution >= 4 is 0 Å². The van der Waals surface area contributed by atoms with E-state index in [1.807, 2.05) is 49.5 Å². The molecule has 2 nitrogen and oxygen atoms in total. The van der Waals surface area contributed by atoms with Gasteiger partial charge in [-0.2, -0.15) is 0 Å². The van der Waals surface area contributed by atoms with Crippen LogP contribution in [-0.4, -0.2) is 4.57 Å². The molecule has 2 heteroatoms. The van der Waals surface area contributed by atoms with Crippen molar-refractivity contribution in [1.29, 1.82) is 0 Å². The highest BCUT2D eigenvalue weighted by molar-refractivity contribution is 5.61. The Morgan fingerprint density at radius 2 is 1.73 bits per heavy atom. The van der Waals surface area contributed by atoms with Gasteiger partial charge in [0.05, 0.1) is 0 Å². The maximum Gasteiger partial charge on any atom is 0.250 e. The molecule has 0 aliphatic rings. The molecule has 1 aromatic carbocycles. The summed E-state index contributed by atoms with van der Waals surface area (Å²) in [7, 11) is 0. The molecule has 0 unspecified atom stereocenters. The summed E-state index contributed by atoms with van der Waals surface area (Å²) < 4.78 is 1.71.